The van der Waals surface area contributed by atoms with Crippen molar-refractivity contribution in [1.29, 1.82) is 0 Å². The first-order valence-corrected chi connectivity index (χ1v) is 25.1. The van der Waals surface area contributed by atoms with Gasteiger partial charge in [-0.25, -0.2) is 0 Å². The third kappa shape index (κ3) is 8.92. The highest BCUT2D eigenvalue weighted by Gasteiger charge is 2.39. The summed E-state index contributed by atoms with van der Waals surface area (Å²) >= 11 is 0. The maximum atomic E-state index is 2.47. The topological polar surface area (TPSA) is 3.24 Å². The van der Waals surface area contributed by atoms with E-state index in [1.54, 1.807) is 0 Å². The van der Waals surface area contributed by atoms with Gasteiger partial charge in [0.1, 0.15) is 0 Å². The van der Waals surface area contributed by atoms with Crippen LogP contribution < -0.4 is 4.90 Å². The smallest absolute Gasteiger partial charge is 0.0462 e. The molecule has 0 bridgehead atoms. The van der Waals surface area contributed by atoms with Crippen molar-refractivity contribution in [1.82, 2.24) is 0 Å². The number of fused-ring (bicyclic) bond motifs is 3. The van der Waals surface area contributed by atoms with Gasteiger partial charge in [0.05, 0.1) is 0 Å². The molecule has 0 fully saturated rings. The standard InChI is InChI=1S/C69H59N/c1-4-15-50-27-47-67-66(48-50)65-23-14-22-64(68(65)69(67,2)3)63(59-32-30-55(31-33-59)51-16-8-5-9-17-51)46-26-49-24-28-54(29-25-49)58-38-44-62(45-39-58)70(60-40-34-56(35-41-60)52-18-10-6-11-19-52)61-42-36-57(37-43-61)53-20-12-7-13-21-53/h5-14,16-25,27-45,47-48,63H,4,15,26,46H2,1-3H3. The molecule has 0 amide bonds. The quantitative estimate of drug-likeness (QED) is 0.105. The van der Waals surface area contributed by atoms with Crippen LogP contribution in [-0.4, -0.2) is 0 Å². The number of benzene rings is 10. The summed E-state index contributed by atoms with van der Waals surface area (Å²) in [7, 11) is 0. The van der Waals surface area contributed by atoms with Crippen LogP contribution in [0.1, 0.15) is 72.9 Å². The fourth-order valence-electron chi connectivity index (χ4n) is 11.1. The molecule has 1 unspecified atom stereocenters. The van der Waals surface area contributed by atoms with Crippen molar-refractivity contribution in [2.24, 2.45) is 0 Å². The summed E-state index contributed by atoms with van der Waals surface area (Å²) in [4.78, 5) is 2.35. The van der Waals surface area contributed by atoms with Gasteiger partial charge >= 0.3 is 0 Å². The predicted molar refractivity (Wildman–Crippen MR) is 297 cm³/mol. The minimum Gasteiger partial charge on any atom is -0.311 e. The Morgan fingerprint density at radius 1 is 0.371 bits per heavy atom. The van der Waals surface area contributed by atoms with Crippen LogP contribution in [0.25, 0.3) is 55.6 Å². The first-order chi connectivity index (χ1) is 34.4. The third-order valence-electron chi connectivity index (χ3n) is 14.7. The van der Waals surface area contributed by atoms with Crippen molar-refractivity contribution in [3.8, 4) is 55.6 Å². The molecule has 0 N–H and O–H groups in total. The van der Waals surface area contributed by atoms with Gasteiger partial charge in [-0.05, 0) is 145 Å². The molecule has 1 aliphatic carbocycles. The van der Waals surface area contributed by atoms with Gasteiger partial charge in [-0.2, -0.15) is 0 Å². The van der Waals surface area contributed by atoms with E-state index in [9.17, 15) is 0 Å². The van der Waals surface area contributed by atoms with Gasteiger partial charge in [-0.3, -0.25) is 0 Å². The summed E-state index contributed by atoms with van der Waals surface area (Å²) in [5.74, 6) is 0.239. The van der Waals surface area contributed by atoms with Gasteiger partial charge in [0.15, 0.2) is 0 Å². The van der Waals surface area contributed by atoms with Gasteiger partial charge in [0.25, 0.3) is 0 Å². The van der Waals surface area contributed by atoms with E-state index in [1.807, 2.05) is 0 Å². The van der Waals surface area contributed by atoms with Crippen LogP contribution >= 0.6 is 0 Å². The molecular formula is C69H59N. The molecule has 340 valence electrons. The van der Waals surface area contributed by atoms with E-state index in [-0.39, 0.29) is 11.3 Å². The normalized spacial score (nSPS) is 12.8. The molecule has 0 radical (unpaired) electrons. The fourth-order valence-corrected chi connectivity index (χ4v) is 11.1. The number of hydrogen-bond donors (Lipinski definition) is 0. The second-order valence-electron chi connectivity index (χ2n) is 19.5. The number of aryl methyl sites for hydroxylation is 2. The number of anilines is 3. The monoisotopic (exact) mass is 901 g/mol. The zero-order valence-corrected chi connectivity index (χ0v) is 40.5. The van der Waals surface area contributed by atoms with E-state index >= 15 is 0 Å². The molecule has 10 aromatic carbocycles. The van der Waals surface area contributed by atoms with Crippen molar-refractivity contribution >= 4 is 17.1 Å². The first kappa shape index (κ1) is 44.5. The van der Waals surface area contributed by atoms with Crippen LogP contribution in [0.15, 0.2) is 249 Å². The lowest BCUT2D eigenvalue weighted by molar-refractivity contribution is 0.628. The lowest BCUT2D eigenvalue weighted by Crippen LogP contribution is -2.19. The van der Waals surface area contributed by atoms with Gasteiger partial charge in [-0.15, -0.1) is 0 Å². The van der Waals surface area contributed by atoms with Gasteiger partial charge in [0.2, 0.25) is 0 Å². The highest BCUT2D eigenvalue weighted by molar-refractivity contribution is 5.84. The molecule has 0 saturated carbocycles. The van der Waals surface area contributed by atoms with E-state index in [4.69, 9.17) is 0 Å². The first-order valence-electron chi connectivity index (χ1n) is 25.1. The van der Waals surface area contributed by atoms with E-state index in [2.05, 4.69) is 274 Å². The molecule has 0 aromatic heterocycles. The Morgan fingerprint density at radius 3 is 1.24 bits per heavy atom. The van der Waals surface area contributed by atoms with Crippen LogP contribution in [0, 0.1) is 0 Å². The maximum absolute atomic E-state index is 2.47. The third-order valence-corrected chi connectivity index (χ3v) is 14.7. The molecule has 70 heavy (non-hydrogen) atoms. The molecule has 11 rings (SSSR count). The minimum atomic E-state index is -0.0948. The lowest BCUT2D eigenvalue weighted by Gasteiger charge is -2.29. The van der Waals surface area contributed by atoms with Crippen LogP contribution in [0.3, 0.4) is 0 Å². The number of nitrogens with zero attached hydrogens (tertiary/aromatic N) is 1. The molecule has 0 spiro atoms. The summed E-state index contributed by atoms with van der Waals surface area (Å²) < 4.78 is 0. The molecule has 0 saturated heterocycles. The Hall–Kier alpha value is -8.00. The van der Waals surface area contributed by atoms with E-state index < -0.39 is 0 Å². The van der Waals surface area contributed by atoms with Gasteiger partial charge in [0, 0.05) is 28.4 Å². The van der Waals surface area contributed by atoms with Crippen molar-refractivity contribution in [2.45, 2.75) is 57.8 Å². The van der Waals surface area contributed by atoms with Crippen LogP contribution in [-0.2, 0) is 18.3 Å². The average Bonchev–Trinajstić information content (AvgIpc) is 3.66. The largest absolute Gasteiger partial charge is 0.311 e. The molecule has 0 aliphatic heterocycles. The fraction of sp³-hybridized carbons (Fsp3) is 0.130. The van der Waals surface area contributed by atoms with Crippen molar-refractivity contribution in [2.75, 3.05) is 4.90 Å². The predicted octanol–water partition coefficient (Wildman–Crippen LogP) is 18.8. The molecule has 10 aromatic rings. The maximum Gasteiger partial charge on any atom is 0.0462 e. The SMILES string of the molecule is CCCc1ccc2c(c1)-c1cccc(C(CCc3ccc(-c4ccc(N(c5ccc(-c6ccccc6)cc5)c5ccc(-c6ccccc6)cc5)cc4)cc3)c3ccc(-c4ccccc4)cc3)c1C2(C)C. The van der Waals surface area contributed by atoms with E-state index in [0.717, 1.165) is 42.7 Å². The van der Waals surface area contributed by atoms with Gasteiger partial charge < -0.3 is 4.90 Å². The minimum absolute atomic E-state index is 0.0948. The second-order valence-corrected chi connectivity index (χ2v) is 19.5. The zero-order chi connectivity index (χ0) is 47.4. The van der Waals surface area contributed by atoms with Crippen molar-refractivity contribution < 1.29 is 0 Å². The molecule has 1 aliphatic rings. The molecule has 0 heterocycles. The molecule has 1 nitrogen and oxygen atoms in total. The van der Waals surface area contributed by atoms with E-state index in [1.165, 1.54) is 89.0 Å². The summed E-state index contributed by atoms with van der Waals surface area (Å²) in [6.45, 7) is 7.15. The Balaban J connectivity index is 0.872. The highest BCUT2D eigenvalue weighted by Crippen LogP contribution is 2.53. The molecule has 1 heteroatoms. The lowest BCUT2D eigenvalue weighted by atomic mass is 9.74. The summed E-state index contributed by atoms with van der Waals surface area (Å²) in [5, 5.41) is 0. The summed E-state index contributed by atoms with van der Waals surface area (Å²) in [6, 6.07) is 91.9. The van der Waals surface area contributed by atoms with Gasteiger partial charge in [-0.1, -0.05) is 240 Å². The van der Waals surface area contributed by atoms with E-state index in [0.29, 0.717) is 0 Å². The highest BCUT2D eigenvalue weighted by atomic mass is 15.1. The summed E-state index contributed by atoms with van der Waals surface area (Å²) in [5.41, 5.74) is 24.4. The zero-order valence-electron chi connectivity index (χ0n) is 40.5. The Morgan fingerprint density at radius 2 is 0.786 bits per heavy atom. The second kappa shape index (κ2) is 19.5. The molecule has 1 atom stereocenters. The molecular weight excluding hydrogens is 843 g/mol. The Kier molecular flexibility index (Phi) is 12.4. The number of rotatable bonds is 14. The van der Waals surface area contributed by atoms with Crippen LogP contribution in [0.2, 0.25) is 0 Å². The summed E-state index contributed by atoms with van der Waals surface area (Å²) in [6.07, 6.45) is 4.25. The average molecular weight is 902 g/mol. The van der Waals surface area contributed by atoms with Crippen LogP contribution in [0.5, 0.6) is 0 Å². The van der Waals surface area contributed by atoms with Crippen molar-refractivity contribution in [3.05, 3.63) is 282 Å². The van der Waals surface area contributed by atoms with Crippen molar-refractivity contribution in [3.63, 3.8) is 0 Å². The number of hydrogen-bond acceptors (Lipinski definition) is 1. The Bertz CT molecular complexity index is 3250. The van der Waals surface area contributed by atoms with Crippen LogP contribution in [0.4, 0.5) is 17.1 Å². The Labute approximate surface area is 415 Å².